The molecule has 2 unspecified atom stereocenters. The second-order valence-electron chi connectivity index (χ2n) is 4.66. The van der Waals surface area contributed by atoms with Crippen LogP contribution in [-0.2, 0) is 16.1 Å². The van der Waals surface area contributed by atoms with Gasteiger partial charge in [-0.2, -0.15) is 0 Å². The van der Waals surface area contributed by atoms with Crippen LogP contribution < -0.4 is 10.1 Å². The zero-order valence-electron chi connectivity index (χ0n) is 11.5. The lowest BCUT2D eigenvalue weighted by Gasteiger charge is -2.14. The van der Waals surface area contributed by atoms with Crippen molar-refractivity contribution in [2.24, 2.45) is 5.92 Å². The number of carbonyl (C=O) groups is 1. The molecule has 19 heavy (non-hydrogen) atoms. The van der Waals surface area contributed by atoms with Crippen LogP contribution in [0.15, 0.2) is 6.20 Å². The minimum absolute atomic E-state index is 0.00516. The molecule has 104 valence electrons. The smallest absolute Gasteiger partial charge is 0.237 e. The second-order valence-corrected chi connectivity index (χ2v) is 4.66. The largest absolute Gasteiger partial charge is 0.480 e. The van der Waals surface area contributed by atoms with E-state index >= 15 is 0 Å². The summed E-state index contributed by atoms with van der Waals surface area (Å²) >= 11 is 0. The van der Waals surface area contributed by atoms with Crippen LogP contribution in [0.3, 0.4) is 0 Å². The first-order valence-electron chi connectivity index (χ1n) is 6.37. The van der Waals surface area contributed by atoms with Gasteiger partial charge >= 0.3 is 0 Å². The fourth-order valence-electron chi connectivity index (χ4n) is 2.14. The normalized spacial score (nSPS) is 22.3. The highest BCUT2D eigenvalue weighted by Gasteiger charge is 2.30. The third-order valence-electron chi connectivity index (χ3n) is 3.27. The van der Waals surface area contributed by atoms with Gasteiger partial charge in [-0.05, 0) is 20.3 Å². The molecule has 0 bridgehead atoms. The van der Waals surface area contributed by atoms with Gasteiger partial charge in [0, 0.05) is 12.8 Å². The molecule has 6 heteroatoms. The van der Waals surface area contributed by atoms with Gasteiger partial charge in [0.2, 0.25) is 11.8 Å². The summed E-state index contributed by atoms with van der Waals surface area (Å²) in [7, 11) is 1.54. The Morgan fingerprint density at radius 3 is 3.05 bits per heavy atom. The molecule has 2 rings (SSSR count). The monoisotopic (exact) mass is 265 g/mol. The SMILES string of the molecule is COc1nc(C)cnc1CNC(=O)C1CCOC1C. The van der Waals surface area contributed by atoms with Crippen molar-refractivity contribution in [3.63, 3.8) is 0 Å². The van der Waals surface area contributed by atoms with Crippen LogP contribution in [0.25, 0.3) is 0 Å². The number of ether oxygens (including phenoxy) is 2. The molecule has 0 aromatic carbocycles. The molecule has 0 saturated carbocycles. The summed E-state index contributed by atoms with van der Waals surface area (Å²) in [5, 5.41) is 2.86. The molecule has 6 nitrogen and oxygen atoms in total. The summed E-state index contributed by atoms with van der Waals surface area (Å²) in [5.74, 6) is 0.370. The van der Waals surface area contributed by atoms with Crippen molar-refractivity contribution in [2.45, 2.75) is 32.9 Å². The van der Waals surface area contributed by atoms with Crippen molar-refractivity contribution >= 4 is 5.91 Å². The van der Waals surface area contributed by atoms with E-state index < -0.39 is 0 Å². The molecular weight excluding hydrogens is 246 g/mol. The molecule has 0 spiro atoms. The Kier molecular flexibility index (Phi) is 4.31. The molecule has 1 aliphatic heterocycles. The van der Waals surface area contributed by atoms with Gasteiger partial charge in [-0.15, -0.1) is 0 Å². The van der Waals surface area contributed by atoms with E-state index in [4.69, 9.17) is 9.47 Å². The average Bonchev–Trinajstić information content (AvgIpc) is 2.83. The number of rotatable bonds is 4. The molecule has 1 aliphatic rings. The number of nitrogens with zero attached hydrogens (tertiary/aromatic N) is 2. The standard InChI is InChI=1S/C13H19N3O3/c1-8-6-14-11(13(16-8)18-3)7-15-12(17)10-4-5-19-9(10)2/h6,9-10H,4-5,7H2,1-3H3,(H,15,17). The van der Waals surface area contributed by atoms with Gasteiger partial charge in [-0.1, -0.05) is 0 Å². The highest BCUT2D eigenvalue weighted by atomic mass is 16.5. The van der Waals surface area contributed by atoms with Crippen LogP contribution in [0.5, 0.6) is 5.88 Å². The van der Waals surface area contributed by atoms with Gasteiger partial charge in [0.1, 0.15) is 5.69 Å². The predicted molar refractivity (Wildman–Crippen MR) is 68.7 cm³/mol. The highest BCUT2D eigenvalue weighted by Crippen LogP contribution is 2.20. The molecule has 0 aliphatic carbocycles. The Hall–Kier alpha value is -1.69. The van der Waals surface area contributed by atoms with E-state index in [0.29, 0.717) is 24.7 Å². The van der Waals surface area contributed by atoms with Crippen LogP contribution in [0, 0.1) is 12.8 Å². The van der Waals surface area contributed by atoms with Gasteiger partial charge in [0.15, 0.2) is 0 Å². The summed E-state index contributed by atoms with van der Waals surface area (Å²) in [6, 6.07) is 0. The molecule has 1 aromatic rings. The Labute approximate surface area is 112 Å². The van der Waals surface area contributed by atoms with Crippen LogP contribution in [0.4, 0.5) is 0 Å². The first-order chi connectivity index (χ1) is 9.11. The van der Waals surface area contributed by atoms with Crippen LogP contribution in [0.1, 0.15) is 24.7 Å². The number of hydrogen-bond donors (Lipinski definition) is 1. The molecular formula is C13H19N3O3. The zero-order valence-corrected chi connectivity index (χ0v) is 11.5. The minimum atomic E-state index is -0.0793. The quantitative estimate of drug-likeness (QED) is 0.873. The number of methoxy groups -OCH3 is 1. The lowest BCUT2D eigenvalue weighted by molar-refractivity contribution is -0.126. The molecule has 1 fully saturated rings. The summed E-state index contributed by atoms with van der Waals surface area (Å²) in [5.41, 5.74) is 1.41. The van der Waals surface area contributed by atoms with Crippen molar-refractivity contribution in [1.29, 1.82) is 0 Å². The van der Waals surface area contributed by atoms with E-state index in [1.807, 2.05) is 13.8 Å². The molecule has 1 amide bonds. The molecule has 0 radical (unpaired) electrons. The summed E-state index contributed by atoms with van der Waals surface area (Å²) in [6.07, 6.45) is 2.40. The van der Waals surface area contributed by atoms with Gasteiger partial charge in [-0.3, -0.25) is 9.78 Å². The number of amides is 1. The van der Waals surface area contributed by atoms with Crippen molar-refractivity contribution in [3.05, 3.63) is 17.6 Å². The van der Waals surface area contributed by atoms with Gasteiger partial charge < -0.3 is 14.8 Å². The number of aromatic nitrogens is 2. The zero-order chi connectivity index (χ0) is 13.8. The third-order valence-corrected chi connectivity index (χ3v) is 3.27. The van der Waals surface area contributed by atoms with Crippen molar-refractivity contribution < 1.29 is 14.3 Å². The summed E-state index contributed by atoms with van der Waals surface area (Å²) in [4.78, 5) is 20.5. The fraction of sp³-hybridized carbons (Fsp3) is 0.615. The summed E-state index contributed by atoms with van der Waals surface area (Å²) < 4.78 is 10.5. The van der Waals surface area contributed by atoms with Crippen molar-refractivity contribution in [2.75, 3.05) is 13.7 Å². The lowest BCUT2D eigenvalue weighted by Crippen LogP contribution is -2.34. The maximum Gasteiger partial charge on any atom is 0.237 e. The minimum Gasteiger partial charge on any atom is -0.480 e. The third kappa shape index (κ3) is 3.20. The van der Waals surface area contributed by atoms with E-state index in [1.54, 1.807) is 13.3 Å². The van der Waals surface area contributed by atoms with Crippen molar-refractivity contribution in [1.82, 2.24) is 15.3 Å². The topological polar surface area (TPSA) is 73.3 Å². The van der Waals surface area contributed by atoms with E-state index in [2.05, 4.69) is 15.3 Å². The fourth-order valence-corrected chi connectivity index (χ4v) is 2.14. The number of nitrogens with one attached hydrogen (secondary N) is 1. The van der Waals surface area contributed by atoms with Crippen LogP contribution in [0.2, 0.25) is 0 Å². The van der Waals surface area contributed by atoms with E-state index in [1.165, 1.54) is 0 Å². The van der Waals surface area contributed by atoms with E-state index in [-0.39, 0.29) is 17.9 Å². The average molecular weight is 265 g/mol. The predicted octanol–water partition coefficient (Wildman–Crippen LogP) is 0.835. The number of aryl methyl sites for hydroxylation is 1. The molecule has 1 N–H and O–H groups in total. The Morgan fingerprint density at radius 1 is 1.63 bits per heavy atom. The van der Waals surface area contributed by atoms with Crippen LogP contribution in [-0.4, -0.2) is 35.7 Å². The van der Waals surface area contributed by atoms with Crippen molar-refractivity contribution in [3.8, 4) is 5.88 Å². The molecule has 2 heterocycles. The highest BCUT2D eigenvalue weighted by molar-refractivity contribution is 5.79. The molecule has 2 atom stereocenters. The lowest BCUT2D eigenvalue weighted by atomic mass is 10.0. The first kappa shape index (κ1) is 13.7. The van der Waals surface area contributed by atoms with Gasteiger partial charge in [0.05, 0.1) is 31.4 Å². The molecule has 1 aromatic heterocycles. The maximum atomic E-state index is 12.0. The van der Waals surface area contributed by atoms with E-state index in [9.17, 15) is 4.79 Å². The number of carbonyl (C=O) groups excluding carboxylic acids is 1. The van der Waals surface area contributed by atoms with E-state index in [0.717, 1.165) is 12.1 Å². The Bertz CT molecular complexity index is 464. The maximum absolute atomic E-state index is 12.0. The Morgan fingerprint density at radius 2 is 2.42 bits per heavy atom. The second kappa shape index (κ2) is 5.97. The Balaban J connectivity index is 1.97. The van der Waals surface area contributed by atoms with Crippen LogP contribution >= 0.6 is 0 Å². The first-order valence-corrected chi connectivity index (χ1v) is 6.37. The van der Waals surface area contributed by atoms with Gasteiger partial charge in [-0.25, -0.2) is 4.98 Å². The number of hydrogen-bond acceptors (Lipinski definition) is 5. The molecule has 1 saturated heterocycles. The van der Waals surface area contributed by atoms with Gasteiger partial charge in [0.25, 0.3) is 0 Å². The summed E-state index contributed by atoms with van der Waals surface area (Å²) in [6.45, 7) is 4.73.